The molecule has 9 nitrogen and oxygen atoms in total. The molecule has 0 saturated carbocycles. The van der Waals surface area contributed by atoms with E-state index in [-0.39, 0.29) is 16.0 Å². The first-order chi connectivity index (χ1) is 13.9. The van der Waals surface area contributed by atoms with E-state index in [2.05, 4.69) is 49.9 Å². The predicted octanol–water partition coefficient (Wildman–Crippen LogP) is 2.91. The summed E-state index contributed by atoms with van der Waals surface area (Å²) in [6, 6.07) is -0.316. The van der Waals surface area contributed by atoms with E-state index in [0.717, 1.165) is 42.2 Å². The molecule has 1 aliphatic heterocycles. The lowest BCUT2D eigenvalue weighted by molar-refractivity contribution is -0.135. The number of likely N-dealkylation sites (tertiary alicyclic amines) is 1. The number of fused-ring (bicyclic) bond motifs is 1. The van der Waals surface area contributed by atoms with Gasteiger partial charge in [0.2, 0.25) is 5.91 Å². The summed E-state index contributed by atoms with van der Waals surface area (Å²) in [5.74, 6) is 1.49. The lowest BCUT2D eigenvalue weighted by Crippen LogP contribution is -2.49. The molecule has 1 fully saturated rings. The third kappa shape index (κ3) is 3.47. The number of carbonyl (C=O) groups excluding carboxylic acids is 1. The predicted molar refractivity (Wildman–Crippen MR) is 120 cm³/mol. The largest absolute Gasteiger partial charge is 0.356 e. The number of amides is 1. The second-order valence-corrected chi connectivity index (χ2v) is 9.14. The Balaban J connectivity index is 1.72. The highest BCUT2D eigenvalue weighted by molar-refractivity contribution is 14.1. The summed E-state index contributed by atoms with van der Waals surface area (Å²) in [6.07, 6.45) is 5.11. The van der Waals surface area contributed by atoms with Crippen LogP contribution >= 0.6 is 22.6 Å². The van der Waals surface area contributed by atoms with Crippen LogP contribution in [0.5, 0.6) is 0 Å². The summed E-state index contributed by atoms with van der Waals surface area (Å²) in [5.41, 5.74) is 3.39. The van der Waals surface area contributed by atoms with Crippen LogP contribution < -0.4 is 5.32 Å². The molecule has 0 aliphatic carbocycles. The molecule has 3 aromatic rings. The summed E-state index contributed by atoms with van der Waals surface area (Å²) in [7, 11) is 1.94. The van der Waals surface area contributed by atoms with E-state index in [4.69, 9.17) is 4.98 Å². The number of rotatable bonds is 6. The maximum absolute atomic E-state index is 12.7. The lowest BCUT2D eigenvalue weighted by atomic mass is 10.1. The zero-order chi connectivity index (χ0) is 20.7. The Morgan fingerprint density at radius 2 is 2.10 bits per heavy atom. The highest BCUT2D eigenvalue weighted by Crippen LogP contribution is 2.30. The minimum atomic E-state index is -0.316. The van der Waals surface area contributed by atoms with Gasteiger partial charge in [-0.25, -0.2) is 15.0 Å². The number of aromatic nitrogens is 6. The molecule has 154 valence electrons. The molecule has 10 heteroatoms. The fraction of sp³-hybridized carbons (Fsp3) is 0.526. The van der Waals surface area contributed by atoms with E-state index >= 15 is 0 Å². The van der Waals surface area contributed by atoms with E-state index in [0.29, 0.717) is 17.8 Å². The molecule has 0 radical (unpaired) electrons. The van der Waals surface area contributed by atoms with Gasteiger partial charge in [-0.3, -0.25) is 9.48 Å². The Hall–Kier alpha value is -2.24. The molecule has 1 saturated heterocycles. The minimum Gasteiger partial charge on any atom is -0.356 e. The number of anilines is 1. The van der Waals surface area contributed by atoms with Crippen LogP contribution in [0.3, 0.4) is 0 Å². The molecule has 2 atom stereocenters. The molecule has 3 aromatic heterocycles. The van der Waals surface area contributed by atoms with Gasteiger partial charge in [-0.2, -0.15) is 5.10 Å². The zero-order valence-electron chi connectivity index (χ0n) is 17.1. The van der Waals surface area contributed by atoms with Gasteiger partial charge in [-0.15, -0.1) is 0 Å². The molecular formula is C19H25IN8O. The van der Waals surface area contributed by atoms with Crippen molar-refractivity contribution in [2.45, 2.75) is 43.7 Å². The van der Waals surface area contributed by atoms with Crippen LogP contribution in [-0.4, -0.2) is 59.2 Å². The normalized spacial score (nSPS) is 16.0. The zero-order valence-corrected chi connectivity index (χ0v) is 19.2. The fourth-order valence-corrected chi connectivity index (χ4v) is 4.17. The molecule has 4 heterocycles. The van der Waals surface area contributed by atoms with Crippen LogP contribution in [0.4, 0.5) is 5.82 Å². The van der Waals surface area contributed by atoms with Crippen molar-refractivity contribution < 1.29 is 4.79 Å². The number of halogens is 1. The summed E-state index contributed by atoms with van der Waals surface area (Å²) >= 11 is 2.34. The van der Waals surface area contributed by atoms with Gasteiger partial charge in [-0.1, -0.05) is 29.5 Å². The monoisotopic (exact) mass is 508 g/mol. The third-order valence-corrected chi connectivity index (χ3v) is 5.99. The van der Waals surface area contributed by atoms with Crippen molar-refractivity contribution in [2.75, 3.05) is 18.4 Å². The van der Waals surface area contributed by atoms with E-state index < -0.39 is 0 Å². The maximum atomic E-state index is 12.7. The van der Waals surface area contributed by atoms with Gasteiger partial charge in [-0.05, 0) is 26.7 Å². The van der Waals surface area contributed by atoms with Crippen molar-refractivity contribution in [1.82, 2.24) is 34.2 Å². The van der Waals surface area contributed by atoms with Crippen LogP contribution in [0.25, 0.3) is 22.6 Å². The molecule has 0 spiro atoms. The van der Waals surface area contributed by atoms with Crippen LogP contribution in [0, 0.1) is 6.92 Å². The van der Waals surface area contributed by atoms with Crippen molar-refractivity contribution in [3.05, 3.63) is 18.2 Å². The van der Waals surface area contributed by atoms with Gasteiger partial charge in [0, 0.05) is 25.8 Å². The molecule has 1 N–H and O–H groups in total. The van der Waals surface area contributed by atoms with Crippen molar-refractivity contribution in [1.29, 1.82) is 0 Å². The number of hydrogen-bond acceptors (Lipinski definition) is 6. The number of carbonyl (C=O) groups is 1. The number of aryl methyl sites for hydroxylation is 1. The SMILES string of the molecule is CCC(Nc1ncnc2c1nc(-c1cnn(C(C)I)c1C)n2C)C(=O)N1CCC1. The molecule has 4 rings (SSSR count). The first-order valence-corrected chi connectivity index (χ1v) is 11.1. The van der Waals surface area contributed by atoms with E-state index in [9.17, 15) is 4.79 Å². The molecule has 0 bridgehead atoms. The topological polar surface area (TPSA) is 93.8 Å². The number of alkyl halides is 1. The molecule has 29 heavy (non-hydrogen) atoms. The molecule has 2 unspecified atom stereocenters. The Morgan fingerprint density at radius 1 is 1.34 bits per heavy atom. The standard InChI is InChI=1S/C19H25IN8O/c1-5-14(19(29)27-7-6-8-27)24-16-15-18(22-10-21-16)26(4)17(25-15)13-9-23-28(11(13)2)12(3)20/h9-10,12,14H,5-8H2,1-4H3,(H,21,22,24). The van der Waals surface area contributed by atoms with Gasteiger partial charge in [0.25, 0.3) is 0 Å². The van der Waals surface area contributed by atoms with Crippen molar-refractivity contribution >= 4 is 45.5 Å². The summed E-state index contributed by atoms with van der Waals surface area (Å²) in [6.45, 7) is 7.80. The van der Waals surface area contributed by atoms with Gasteiger partial charge >= 0.3 is 0 Å². The molecule has 0 aromatic carbocycles. The molecule has 1 aliphatic rings. The Labute approximate surface area is 183 Å². The van der Waals surface area contributed by atoms with Crippen molar-refractivity contribution in [3.8, 4) is 11.4 Å². The van der Waals surface area contributed by atoms with Crippen LogP contribution in [0.1, 0.15) is 36.4 Å². The second-order valence-electron chi connectivity index (χ2n) is 7.34. The fourth-order valence-electron chi connectivity index (χ4n) is 3.61. The number of nitrogens with zero attached hydrogens (tertiary/aromatic N) is 7. The summed E-state index contributed by atoms with van der Waals surface area (Å²) < 4.78 is 4.16. The van der Waals surface area contributed by atoms with Crippen LogP contribution in [0.2, 0.25) is 0 Å². The summed E-state index contributed by atoms with van der Waals surface area (Å²) in [4.78, 5) is 28.2. The van der Waals surface area contributed by atoms with Crippen LogP contribution in [0.15, 0.2) is 12.5 Å². The van der Waals surface area contributed by atoms with Crippen molar-refractivity contribution in [2.24, 2.45) is 7.05 Å². The Morgan fingerprint density at radius 3 is 2.69 bits per heavy atom. The second kappa shape index (κ2) is 7.88. The number of nitrogens with one attached hydrogen (secondary N) is 1. The van der Waals surface area contributed by atoms with E-state index in [1.807, 2.05) is 41.2 Å². The lowest BCUT2D eigenvalue weighted by Gasteiger charge is -2.34. The summed E-state index contributed by atoms with van der Waals surface area (Å²) in [5, 5.41) is 7.81. The Bertz CT molecular complexity index is 1050. The maximum Gasteiger partial charge on any atom is 0.245 e. The highest BCUT2D eigenvalue weighted by atomic mass is 127. The quantitative estimate of drug-likeness (QED) is 0.407. The number of imidazole rings is 1. The highest BCUT2D eigenvalue weighted by Gasteiger charge is 2.28. The van der Waals surface area contributed by atoms with E-state index in [1.165, 1.54) is 6.33 Å². The van der Waals surface area contributed by atoms with Gasteiger partial charge in [0.15, 0.2) is 17.0 Å². The third-order valence-electron chi connectivity index (χ3n) is 5.46. The first-order valence-electron chi connectivity index (χ1n) is 9.83. The smallest absolute Gasteiger partial charge is 0.245 e. The average Bonchev–Trinajstić information content (AvgIpc) is 3.19. The van der Waals surface area contributed by atoms with Gasteiger partial charge in [0.1, 0.15) is 22.2 Å². The molecule has 1 amide bonds. The minimum absolute atomic E-state index is 0.120. The Kier molecular flexibility index (Phi) is 5.45. The van der Waals surface area contributed by atoms with Crippen molar-refractivity contribution in [3.63, 3.8) is 0 Å². The average molecular weight is 508 g/mol. The van der Waals surface area contributed by atoms with Gasteiger partial charge < -0.3 is 14.8 Å². The van der Waals surface area contributed by atoms with Crippen LogP contribution in [-0.2, 0) is 11.8 Å². The first kappa shape index (κ1) is 20.0. The van der Waals surface area contributed by atoms with Gasteiger partial charge in [0.05, 0.1) is 11.8 Å². The molecular weight excluding hydrogens is 483 g/mol. The number of hydrogen-bond donors (Lipinski definition) is 1. The van der Waals surface area contributed by atoms with E-state index in [1.54, 1.807) is 0 Å².